The number of phenolic OH excluding ortho intramolecular Hbond substituents is 1. The molecule has 1 aromatic heterocycles. The van der Waals surface area contributed by atoms with Gasteiger partial charge in [0.2, 0.25) is 0 Å². The number of benzene rings is 1. The van der Waals surface area contributed by atoms with Crippen molar-refractivity contribution in [3.8, 4) is 11.5 Å². The number of hydrogen-bond donors (Lipinski definition) is 2. The van der Waals surface area contributed by atoms with Gasteiger partial charge in [0.25, 0.3) is 0 Å². The summed E-state index contributed by atoms with van der Waals surface area (Å²) in [5, 5.41) is 22.0. The summed E-state index contributed by atoms with van der Waals surface area (Å²) in [5.41, 5.74) is 0.894. The summed E-state index contributed by atoms with van der Waals surface area (Å²) < 4.78 is 5.49. The highest BCUT2D eigenvalue weighted by Gasteiger charge is 2.27. The average molecular weight is 377 g/mol. The van der Waals surface area contributed by atoms with Crippen LogP contribution in [0.2, 0.25) is 0 Å². The van der Waals surface area contributed by atoms with Crippen molar-refractivity contribution in [3.63, 3.8) is 0 Å². The van der Waals surface area contributed by atoms with Crippen LogP contribution in [0.25, 0.3) is 0 Å². The van der Waals surface area contributed by atoms with Gasteiger partial charge in [0.05, 0.1) is 6.61 Å². The Morgan fingerprint density at radius 1 is 1.19 bits per heavy atom. The third-order valence-corrected chi connectivity index (χ3v) is 5.73. The number of rotatable bonds is 8. The van der Waals surface area contributed by atoms with Gasteiger partial charge in [-0.05, 0) is 30.9 Å². The van der Waals surface area contributed by atoms with E-state index in [2.05, 4.69) is 27.3 Å². The number of aliphatic hydroxyl groups is 1. The molecule has 3 rings (SSSR count). The van der Waals surface area contributed by atoms with E-state index in [9.17, 15) is 10.2 Å². The molecule has 0 radical (unpaired) electrons. The largest absolute Gasteiger partial charge is 0.504 e. The lowest BCUT2D eigenvalue weighted by Gasteiger charge is -2.41. The summed E-state index contributed by atoms with van der Waals surface area (Å²) in [7, 11) is 0. The summed E-state index contributed by atoms with van der Waals surface area (Å²) in [6.07, 6.45) is 0.771. The molecule has 5 nitrogen and oxygen atoms in total. The number of thiophene rings is 1. The first-order valence-electron chi connectivity index (χ1n) is 9.24. The smallest absolute Gasteiger partial charge is 0.162 e. The van der Waals surface area contributed by atoms with E-state index in [1.165, 1.54) is 4.88 Å². The highest BCUT2D eigenvalue weighted by atomic mass is 32.1. The molecular weight excluding hydrogens is 348 g/mol. The standard InChI is InChI=1S/C20H28N2O3S/c1-2-25-19-7-3-5-16(20(19)24)13-21-9-10-22(17(14-21)8-11-23)15-18-6-4-12-26-18/h3-7,12,17,23-24H,2,8-11,13-15H2,1H3/t17-/m1/s1. The van der Waals surface area contributed by atoms with Crippen molar-refractivity contribution in [2.45, 2.75) is 32.5 Å². The molecule has 142 valence electrons. The molecule has 1 aliphatic rings. The maximum absolute atomic E-state index is 10.4. The monoisotopic (exact) mass is 376 g/mol. The predicted molar refractivity (Wildman–Crippen MR) is 105 cm³/mol. The quantitative estimate of drug-likeness (QED) is 0.742. The van der Waals surface area contributed by atoms with E-state index >= 15 is 0 Å². The molecule has 0 saturated carbocycles. The Morgan fingerprint density at radius 2 is 2.08 bits per heavy atom. The van der Waals surface area contributed by atoms with Gasteiger partial charge in [-0.25, -0.2) is 0 Å². The minimum absolute atomic E-state index is 0.199. The fraction of sp³-hybridized carbons (Fsp3) is 0.500. The lowest BCUT2D eigenvalue weighted by atomic mass is 10.1. The Bertz CT molecular complexity index is 678. The Labute approximate surface area is 159 Å². The third kappa shape index (κ3) is 4.76. The Balaban J connectivity index is 1.64. The van der Waals surface area contributed by atoms with Gasteiger partial charge < -0.3 is 14.9 Å². The maximum Gasteiger partial charge on any atom is 0.162 e. The predicted octanol–water partition coefficient (Wildman–Crippen LogP) is 2.92. The molecule has 6 heteroatoms. The first kappa shape index (κ1) is 19.2. The first-order chi connectivity index (χ1) is 12.7. The second-order valence-corrected chi connectivity index (χ2v) is 7.68. The highest BCUT2D eigenvalue weighted by molar-refractivity contribution is 7.09. The summed E-state index contributed by atoms with van der Waals surface area (Å²) in [6, 6.07) is 10.3. The number of ether oxygens (including phenoxy) is 1. The van der Waals surface area contributed by atoms with Crippen LogP contribution in [0.1, 0.15) is 23.8 Å². The van der Waals surface area contributed by atoms with Crippen LogP contribution >= 0.6 is 11.3 Å². The molecule has 0 unspecified atom stereocenters. The van der Waals surface area contributed by atoms with Crippen LogP contribution in [-0.2, 0) is 13.1 Å². The normalized spacial score (nSPS) is 18.9. The Kier molecular flexibility index (Phi) is 6.91. The Morgan fingerprint density at radius 3 is 2.81 bits per heavy atom. The van der Waals surface area contributed by atoms with Crippen LogP contribution in [0.5, 0.6) is 11.5 Å². The topological polar surface area (TPSA) is 56.2 Å². The molecule has 0 amide bonds. The molecule has 26 heavy (non-hydrogen) atoms. The van der Waals surface area contributed by atoms with E-state index < -0.39 is 0 Å². The van der Waals surface area contributed by atoms with Crippen molar-refractivity contribution in [1.29, 1.82) is 0 Å². The van der Waals surface area contributed by atoms with Crippen LogP contribution < -0.4 is 4.74 Å². The average Bonchev–Trinajstić information content (AvgIpc) is 3.14. The van der Waals surface area contributed by atoms with Gasteiger partial charge in [-0.2, -0.15) is 0 Å². The van der Waals surface area contributed by atoms with Gasteiger partial charge in [-0.1, -0.05) is 18.2 Å². The second-order valence-electron chi connectivity index (χ2n) is 6.65. The van der Waals surface area contributed by atoms with Crippen molar-refractivity contribution >= 4 is 11.3 Å². The van der Waals surface area contributed by atoms with E-state index in [1.807, 2.05) is 19.1 Å². The molecule has 1 saturated heterocycles. The zero-order chi connectivity index (χ0) is 18.4. The summed E-state index contributed by atoms with van der Waals surface area (Å²) >= 11 is 1.78. The molecule has 1 aliphatic heterocycles. The number of para-hydroxylation sites is 1. The summed E-state index contributed by atoms with van der Waals surface area (Å²) in [4.78, 5) is 6.19. The number of aromatic hydroxyl groups is 1. The van der Waals surface area contributed by atoms with E-state index in [0.29, 0.717) is 24.9 Å². The summed E-state index contributed by atoms with van der Waals surface area (Å²) in [5.74, 6) is 0.794. The number of hydrogen-bond acceptors (Lipinski definition) is 6. The molecule has 0 aliphatic carbocycles. The van der Waals surface area contributed by atoms with Gasteiger partial charge in [0.15, 0.2) is 11.5 Å². The molecule has 1 atom stereocenters. The van der Waals surface area contributed by atoms with Crippen LogP contribution in [-0.4, -0.2) is 58.9 Å². The molecule has 1 fully saturated rings. The van der Waals surface area contributed by atoms with Gasteiger partial charge in [-0.15, -0.1) is 11.3 Å². The van der Waals surface area contributed by atoms with Crippen LogP contribution in [0.4, 0.5) is 0 Å². The zero-order valence-electron chi connectivity index (χ0n) is 15.3. The van der Waals surface area contributed by atoms with Crippen LogP contribution in [0, 0.1) is 0 Å². The number of nitrogens with zero attached hydrogens (tertiary/aromatic N) is 2. The maximum atomic E-state index is 10.4. The fourth-order valence-corrected chi connectivity index (χ4v) is 4.27. The van der Waals surface area contributed by atoms with Gasteiger partial charge in [-0.3, -0.25) is 9.80 Å². The van der Waals surface area contributed by atoms with E-state index in [-0.39, 0.29) is 12.4 Å². The van der Waals surface area contributed by atoms with E-state index in [1.54, 1.807) is 17.4 Å². The van der Waals surface area contributed by atoms with Gasteiger partial charge >= 0.3 is 0 Å². The van der Waals surface area contributed by atoms with Crippen LogP contribution in [0.15, 0.2) is 35.7 Å². The lowest BCUT2D eigenvalue weighted by molar-refractivity contribution is 0.0502. The van der Waals surface area contributed by atoms with E-state index in [0.717, 1.165) is 38.2 Å². The second kappa shape index (κ2) is 9.37. The first-order valence-corrected chi connectivity index (χ1v) is 10.1. The number of aliphatic hydroxyl groups excluding tert-OH is 1. The summed E-state index contributed by atoms with van der Waals surface area (Å²) in [6.45, 7) is 7.10. The van der Waals surface area contributed by atoms with Crippen LogP contribution in [0.3, 0.4) is 0 Å². The van der Waals surface area contributed by atoms with Gasteiger partial charge in [0, 0.05) is 55.8 Å². The highest BCUT2D eigenvalue weighted by Crippen LogP contribution is 2.31. The molecule has 0 spiro atoms. The minimum Gasteiger partial charge on any atom is -0.504 e. The number of piperazine rings is 1. The van der Waals surface area contributed by atoms with Crippen molar-refractivity contribution in [1.82, 2.24) is 9.80 Å². The fourth-order valence-electron chi connectivity index (χ4n) is 3.54. The van der Waals surface area contributed by atoms with Gasteiger partial charge in [0.1, 0.15) is 0 Å². The van der Waals surface area contributed by atoms with Crippen molar-refractivity contribution < 1.29 is 14.9 Å². The van der Waals surface area contributed by atoms with E-state index in [4.69, 9.17) is 4.74 Å². The minimum atomic E-state index is 0.199. The SMILES string of the molecule is CCOc1cccc(CN2CCN(Cc3cccs3)[C@H](CCO)C2)c1O. The van der Waals surface area contributed by atoms with Crippen molar-refractivity contribution in [2.24, 2.45) is 0 Å². The molecule has 1 aromatic carbocycles. The Hall–Kier alpha value is -1.60. The molecule has 0 bridgehead atoms. The lowest BCUT2D eigenvalue weighted by Crippen LogP contribution is -2.52. The molecular formula is C20H28N2O3S. The molecule has 2 N–H and O–H groups in total. The van der Waals surface area contributed by atoms with Crippen molar-refractivity contribution in [2.75, 3.05) is 32.8 Å². The molecule has 2 aromatic rings. The zero-order valence-corrected chi connectivity index (χ0v) is 16.1. The number of phenols is 1. The molecule has 2 heterocycles. The van der Waals surface area contributed by atoms with Crippen molar-refractivity contribution in [3.05, 3.63) is 46.2 Å². The third-order valence-electron chi connectivity index (χ3n) is 4.87.